The van der Waals surface area contributed by atoms with Gasteiger partial charge in [-0.1, -0.05) is 0 Å². The molecule has 0 heterocycles. The van der Waals surface area contributed by atoms with Crippen molar-refractivity contribution in [1.29, 1.82) is 0 Å². The molecule has 0 radical (unpaired) electrons. The van der Waals surface area contributed by atoms with Crippen molar-refractivity contribution >= 4 is 33.3 Å². The number of nitro groups is 1. The van der Waals surface area contributed by atoms with Gasteiger partial charge in [0.1, 0.15) is 10.6 Å². The third-order valence-corrected chi connectivity index (χ3v) is 5.91. The van der Waals surface area contributed by atoms with Gasteiger partial charge < -0.3 is 14.6 Å². The molecular formula is C22H22N4O7S. The van der Waals surface area contributed by atoms with Crippen molar-refractivity contribution in [2.24, 2.45) is 5.10 Å². The molecule has 0 saturated carbocycles. The van der Waals surface area contributed by atoms with Crippen LogP contribution in [0.15, 0.2) is 70.7 Å². The molecule has 0 aliphatic rings. The predicted octanol–water partition coefficient (Wildman–Crippen LogP) is 3.95. The highest BCUT2D eigenvalue weighted by Crippen LogP contribution is 2.29. The van der Waals surface area contributed by atoms with Gasteiger partial charge in [0.15, 0.2) is 11.5 Å². The second kappa shape index (κ2) is 10.5. The number of ether oxygens (including phenoxy) is 2. The molecule has 0 atom stereocenters. The van der Waals surface area contributed by atoms with Gasteiger partial charge in [0.25, 0.3) is 15.7 Å². The van der Waals surface area contributed by atoms with Crippen molar-refractivity contribution in [3.8, 4) is 17.2 Å². The third kappa shape index (κ3) is 5.92. The van der Waals surface area contributed by atoms with Gasteiger partial charge in [-0.15, -0.1) is 0 Å². The van der Waals surface area contributed by atoms with E-state index in [1.54, 1.807) is 31.2 Å². The summed E-state index contributed by atoms with van der Waals surface area (Å²) in [4.78, 5) is 10.2. The zero-order valence-corrected chi connectivity index (χ0v) is 19.1. The Balaban J connectivity index is 1.90. The van der Waals surface area contributed by atoms with Crippen LogP contribution in [0.2, 0.25) is 0 Å². The van der Waals surface area contributed by atoms with Crippen LogP contribution < -0.4 is 19.6 Å². The van der Waals surface area contributed by atoms with Crippen molar-refractivity contribution in [3.05, 3.63) is 76.3 Å². The molecule has 0 unspecified atom stereocenters. The van der Waals surface area contributed by atoms with E-state index in [0.717, 1.165) is 12.1 Å². The number of phenolic OH excluding ortho intramolecular Hbond substituents is 1. The van der Waals surface area contributed by atoms with Crippen molar-refractivity contribution in [2.45, 2.75) is 11.8 Å². The van der Waals surface area contributed by atoms with Gasteiger partial charge >= 0.3 is 0 Å². The molecule has 0 spiro atoms. The highest BCUT2D eigenvalue weighted by molar-refractivity contribution is 7.92. The number of nitro benzene ring substituents is 1. The number of aromatic hydroxyl groups is 1. The largest absolute Gasteiger partial charge is 0.504 e. The van der Waals surface area contributed by atoms with Crippen LogP contribution in [0.3, 0.4) is 0 Å². The maximum Gasteiger partial charge on any atom is 0.270 e. The summed E-state index contributed by atoms with van der Waals surface area (Å²) in [5.74, 6) is 0.783. The van der Waals surface area contributed by atoms with Crippen LogP contribution in [0, 0.1) is 10.1 Å². The first-order chi connectivity index (χ1) is 16.2. The van der Waals surface area contributed by atoms with Crippen molar-refractivity contribution in [2.75, 3.05) is 23.9 Å². The van der Waals surface area contributed by atoms with Crippen LogP contribution in [-0.2, 0) is 10.0 Å². The fourth-order valence-corrected chi connectivity index (χ4v) is 4.10. The second-order valence-corrected chi connectivity index (χ2v) is 8.45. The molecule has 34 heavy (non-hydrogen) atoms. The maximum atomic E-state index is 13.0. The minimum atomic E-state index is -4.22. The summed E-state index contributed by atoms with van der Waals surface area (Å²) in [5, 5.41) is 25.1. The Kier molecular flexibility index (Phi) is 7.53. The Morgan fingerprint density at radius 1 is 1.12 bits per heavy atom. The standard InChI is InChI=1S/C22H22N4O7S/c1-3-33-21-12-15(4-11-20(21)27)14-23-24-19-10-7-17(26(28)29)13-22(19)34(30,31)25-16-5-8-18(32-2)9-6-16/h4-14,24-25,27H,3H2,1-2H3/b23-14+. The lowest BCUT2D eigenvalue weighted by atomic mass is 10.2. The molecule has 0 amide bonds. The fourth-order valence-electron chi connectivity index (χ4n) is 2.87. The molecule has 0 aliphatic heterocycles. The van der Waals surface area contributed by atoms with Gasteiger partial charge in [-0.25, -0.2) is 8.42 Å². The van der Waals surface area contributed by atoms with Crippen molar-refractivity contribution in [1.82, 2.24) is 0 Å². The normalized spacial score (nSPS) is 11.2. The summed E-state index contributed by atoms with van der Waals surface area (Å²) in [6.45, 7) is 2.13. The minimum Gasteiger partial charge on any atom is -0.504 e. The molecule has 3 N–H and O–H groups in total. The first kappa shape index (κ1) is 24.3. The van der Waals surface area contributed by atoms with E-state index in [-0.39, 0.29) is 27.8 Å². The van der Waals surface area contributed by atoms with Gasteiger partial charge in [0, 0.05) is 17.8 Å². The number of non-ortho nitro benzene ring substituents is 1. The first-order valence-electron chi connectivity index (χ1n) is 9.93. The Morgan fingerprint density at radius 2 is 1.85 bits per heavy atom. The van der Waals surface area contributed by atoms with Crippen molar-refractivity contribution in [3.63, 3.8) is 0 Å². The summed E-state index contributed by atoms with van der Waals surface area (Å²) in [6, 6.07) is 14.1. The van der Waals surface area contributed by atoms with Crippen LogP contribution in [0.1, 0.15) is 12.5 Å². The molecule has 0 aliphatic carbocycles. The van der Waals surface area contributed by atoms with Gasteiger partial charge in [0.2, 0.25) is 0 Å². The van der Waals surface area contributed by atoms with E-state index < -0.39 is 20.6 Å². The fraction of sp³-hybridized carbons (Fsp3) is 0.136. The van der Waals surface area contributed by atoms with E-state index in [1.807, 2.05) is 0 Å². The van der Waals surface area contributed by atoms with Gasteiger partial charge in [-0.05, 0) is 61.0 Å². The number of hydrogen-bond acceptors (Lipinski definition) is 9. The monoisotopic (exact) mass is 486 g/mol. The highest BCUT2D eigenvalue weighted by Gasteiger charge is 2.22. The molecule has 3 aromatic carbocycles. The van der Waals surface area contributed by atoms with Crippen LogP contribution in [0.5, 0.6) is 17.2 Å². The van der Waals surface area contributed by atoms with E-state index in [4.69, 9.17) is 9.47 Å². The molecule has 3 aromatic rings. The SMILES string of the molecule is CCOc1cc(/C=N/Nc2ccc([N+](=O)[O-])cc2S(=O)(=O)Nc2ccc(OC)cc2)ccc1O. The zero-order chi connectivity index (χ0) is 24.7. The lowest BCUT2D eigenvalue weighted by Crippen LogP contribution is -2.15. The smallest absolute Gasteiger partial charge is 0.270 e. The van der Waals surface area contributed by atoms with Crippen LogP contribution in [-0.4, -0.2) is 38.4 Å². The van der Waals surface area contributed by atoms with E-state index in [2.05, 4.69) is 15.2 Å². The Bertz CT molecular complexity index is 1310. The van der Waals surface area contributed by atoms with Gasteiger partial charge in [-0.3, -0.25) is 20.3 Å². The average molecular weight is 487 g/mol. The number of rotatable bonds is 10. The Labute approximate surface area is 195 Å². The lowest BCUT2D eigenvalue weighted by Gasteiger charge is -2.12. The molecular weight excluding hydrogens is 464 g/mol. The van der Waals surface area contributed by atoms with Gasteiger partial charge in [0.05, 0.1) is 30.5 Å². The average Bonchev–Trinajstić information content (AvgIpc) is 2.81. The van der Waals surface area contributed by atoms with Crippen LogP contribution in [0.25, 0.3) is 0 Å². The molecule has 3 rings (SSSR count). The van der Waals surface area contributed by atoms with Gasteiger partial charge in [-0.2, -0.15) is 5.10 Å². The summed E-state index contributed by atoms with van der Waals surface area (Å²) < 4.78 is 38.8. The number of hydrazone groups is 1. The third-order valence-electron chi connectivity index (χ3n) is 4.49. The maximum absolute atomic E-state index is 13.0. The zero-order valence-electron chi connectivity index (χ0n) is 18.3. The molecule has 0 saturated heterocycles. The molecule has 0 fully saturated rings. The van der Waals surface area contributed by atoms with Crippen LogP contribution in [0.4, 0.5) is 17.1 Å². The highest BCUT2D eigenvalue weighted by atomic mass is 32.2. The quantitative estimate of drug-likeness (QED) is 0.221. The number of nitrogens with zero attached hydrogens (tertiary/aromatic N) is 2. The van der Waals surface area contributed by atoms with Crippen molar-refractivity contribution < 1.29 is 27.9 Å². The summed E-state index contributed by atoms with van der Waals surface area (Å²) in [5.41, 5.74) is 3.04. The molecule has 11 nitrogen and oxygen atoms in total. The molecule has 0 aromatic heterocycles. The number of hydrogen-bond donors (Lipinski definition) is 3. The number of benzene rings is 3. The second-order valence-electron chi connectivity index (χ2n) is 6.80. The number of phenols is 1. The topological polar surface area (TPSA) is 152 Å². The molecule has 12 heteroatoms. The number of sulfonamides is 1. The molecule has 178 valence electrons. The summed E-state index contributed by atoms with van der Waals surface area (Å²) >= 11 is 0. The van der Waals surface area contributed by atoms with E-state index >= 15 is 0 Å². The number of methoxy groups -OCH3 is 1. The minimum absolute atomic E-state index is 0.0201. The molecule has 0 bridgehead atoms. The number of nitrogens with one attached hydrogen (secondary N) is 2. The van der Waals surface area contributed by atoms with E-state index in [0.29, 0.717) is 17.9 Å². The Morgan fingerprint density at radius 3 is 2.50 bits per heavy atom. The lowest BCUT2D eigenvalue weighted by molar-refractivity contribution is -0.385. The number of anilines is 2. The summed E-state index contributed by atoms with van der Waals surface area (Å²) in [6.07, 6.45) is 1.39. The predicted molar refractivity (Wildman–Crippen MR) is 127 cm³/mol. The van der Waals surface area contributed by atoms with Crippen LogP contribution >= 0.6 is 0 Å². The first-order valence-corrected chi connectivity index (χ1v) is 11.4. The Hall–Kier alpha value is -4.32. The van der Waals surface area contributed by atoms with E-state index in [1.165, 1.54) is 37.6 Å². The summed E-state index contributed by atoms with van der Waals surface area (Å²) in [7, 11) is -2.74. The van der Waals surface area contributed by atoms with E-state index in [9.17, 15) is 23.6 Å².